The highest BCUT2D eigenvalue weighted by Crippen LogP contribution is 2.12. The van der Waals surface area contributed by atoms with Gasteiger partial charge in [-0.2, -0.15) is 0 Å². The topological polar surface area (TPSA) is 29.5 Å². The van der Waals surface area contributed by atoms with E-state index in [0.717, 1.165) is 24.2 Å². The standard InChI is InChI=1S/C12H16O2/c1-14-12-8-6-11(7-9-12)5-3-2-4-10-13/h3,5-9,13H,2,4,10H2,1H3. The third-order valence-electron chi connectivity index (χ3n) is 1.96. The number of rotatable bonds is 5. The van der Waals surface area contributed by atoms with Crippen LogP contribution in [0.3, 0.4) is 0 Å². The molecule has 0 amide bonds. The number of aliphatic hydroxyl groups is 1. The second-order valence-corrected chi connectivity index (χ2v) is 3.04. The molecule has 0 aliphatic carbocycles. The predicted octanol–water partition coefficient (Wildman–Crippen LogP) is 2.48. The number of methoxy groups -OCH3 is 1. The highest BCUT2D eigenvalue weighted by molar-refractivity contribution is 5.50. The number of hydrogen-bond acceptors (Lipinski definition) is 2. The molecule has 0 saturated heterocycles. The monoisotopic (exact) mass is 192 g/mol. The van der Waals surface area contributed by atoms with E-state index >= 15 is 0 Å². The molecule has 0 unspecified atom stereocenters. The minimum atomic E-state index is 0.257. The first-order valence-electron chi connectivity index (χ1n) is 4.78. The van der Waals surface area contributed by atoms with Gasteiger partial charge in [0.25, 0.3) is 0 Å². The molecule has 0 atom stereocenters. The Hall–Kier alpha value is -1.28. The summed E-state index contributed by atoms with van der Waals surface area (Å²) in [6, 6.07) is 7.89. The summed E-state index contributed by atoms with van der Waals surface area (Å²) in [6.07, 6.45) is 5.86. The fourth-order valence-corrected chi connectivity index (χ4v) is 1.14. The molecule has 0 aliphatic heterocycles. The molecule has 76 valence electrons. The molecular weight excluding hydrogens is 176 g/mol. The summed E-state index contributed by atoms with van der Waals surface area (Å²) in [5.41, 5.74) is 1.16. The average Bonchev–Trinajstić information content (AvgIpc) is 2.25. The van der Waals surface area contributed by atoms with Crippen molar-refractivity contribution in [2.45, 2.75) is 12.8 Å². The SMILES string of the molecule is COc1ccc(C=CCCCO)cc1. The molecule has 0 fully saturated rings. The van der Waals surface area contributed by atoms with Gasteiger partial charge in [0, 0.05) is 6.61 Å². The van der Waals surface area contributed by atoms with E-state index in [1.807, 2.05) is 24.3 Å². The summed E-state index contributed by atoms with van der Waals surface area (Å²) in [5, 5.41) is 8.58. The molecule has 1 rings (SSSR count). The fourth-order valence-electron chi connectivity index (χ4n) is 1.14. The lowest BCUT2D eigenvalue weighted by atomic mass is 10.2. The van der Waals surface area contributed by atoms with Gasteiger partial charge < -0.3 is 9.84 Å². The zero-order valence-corrected chi connectivity index (χ0v) is 8.44. The third kappa shape index (κ3) is 3.62. The molecule has 0 bridgehead atoms. The minimum Gasteiger partial charge on any atom is -0.497 e. The van der Waals surface area contributed by atoms with E-state index in [2.05, 4.69) is 12.2 Å². The highest BCUT2D eigenvalue weighted by Gasteiger charge is 1.89. The molecule has 0 heterocycles. The van der Waals surface area contributed by atoms with E-state index in [-0.39, 0.29) is 6.61 Å². The van der Waals surface area contributed by atoms with Gasteiger partial charge in [-0.25, -0.2) is 0 Å². The molecule has 1 aromatic carbocycles. The zero-order valence-electron chi connectivity index (χ0n) is 8.44. The van der Waals surface area contributed by atoms with Gasteiger partial charge >= 0.3 is 0 Å². The first kappa shape index (κ1) is 10.8. The van der Waals surface area contributed by atoms with Crippen LogP contribution in [0.5, 0.6) is 5.75 Å². The molecule has 0 saturated carbocycles. The molecule has 2 heteroatoms. The first-order chi connectivity index (χ1) is 6.86. The molecule has 0 spiro atoms. The maximum atomic E-state index is 8.58. The zero-order chi connectivity index (χ0) is 10.2. The smallest absolute Gasteiger partial charge is 0.118 e. The third-order valence-corrected chi connectivity index (χ3v) is 1.96. The van der Waals surface area contributed by atoms with Crippen LogP contribution in [-0.2, 0) is 0 Å². The Kier molecular flexibility index (Phi) is 4.79. The van der Waals surface area contributed by atoms with Crippen LogP contribution in [0.15, 0.2) is 30.3 Å². The van der Waals surface area contributed by atoms with Crippen LogP contribution in [0.1, 0.15) is 18.4 Å². The van der Waals surface area contributed by atoms with Crippen molar-refractivity contribution >= 4 is 6.08 Å². The maximum Gasteiger partial charge on any atom is 0.118 e. The predicted molar refractivity (Wildman–Crippen MR) is 58.3 cm³/mol. The van der Waals surface area contributed by atoms with Crippen molar-refractivity contribution in [1.29, 1.82) is 0 Å². The minimum absolute atomic E-state index is 0.257. The Bertz CT molecular complexity index is 275. The Balaban J connectivity index is 2.47. The average molecular weight is 192 g/mol. The highest BCUT2D eigenvalue weighted by atomic mass is 16.5. The van der Waals surface area contributed by atoms with Crippen LogP contribution in [0.4, 0.5) is 0 Å². The number of benzene rings is 1. The largest absolute Gasteiger partial charge is 0.497 e. The van der Waals surface area contributed by atoms with Crippen LogP contribution >= 0.6 is 0 Å². The number of allylic oxidation sites excluding steroid dienone is 1. The van der Waals surface area contributed by atoms with Gasteiger partial charge in [0.1, 0.15) is 5.75 Å². The lowest BCUT2D eigenvalue weighted by Crippen LogP contribution is -1.81. The summed E-state index contributed by atoms with van der Waals surface area (Å²) >= 11 is 0. The summed E-state index contributed by atoms with van der Waals surface area (Å²) in [5.74, 6) is 0.873. The van der Waals surface area contributed by atoms with Crippen LogP contribution in [0, 0.1) is 0 Å². The Morgan fingerprint density at radius 2 is 2.00 bits per heavy atom. The van der Waals surface area contributed by atoms with Crippen molar-refractivity contribution < 1.29 is 9.84 Å². The molecule has 14 heavy (non-hydrogen) atoms. The van der Waals surface area contributed by atoms with Crippen molar-refractivity contribution in [3.8, 4) is 5.75 Å². The van der Waals surface area contributed by atoms with Crippen molar-refractivity contribution in [1.82, 2.24) is 0 Å². The Morgan fingerprint density at radius 3 is 2.57 bits per heavy atom. The van der Waals surface area contributed by atoms with Crippen molar-refractivity contribution in [2.75, 3.05) is 13.7 Å². The van der Waals surface area contributed by atoms with Crippen molar-refractivity contribution in [3.05, 3.63) is 35.9 Å². The van der Waals surface area contributed by atoms with Crippen molar-refractivity contribution in [2.24, 2.45) is 0 Å². The lowest BCUT2D eigenvalue weighted by Gasteiger charge is -1.98. The summed E-state index contributed by atoms with van der Waals surface area (Å²) in [6.45, 7) is 0.257. The van der Waals surface area contributed by atoms with Gasteiger partial charge in [0.05, 0.1) is 7.11 Å². The summed E-state index contributed by atoms with van der Waals surface area (Å²) in [7, 11) is 1.66. The quantitative estimate of drug-likeness (QED) is 0.726. The Labute approximate surface area is 84.8 Å². The maximum absolute atomic E-state index is 8.58. The van der Waals surface area contributed by atoms with Crippen LogP contribution in [0.25, 0.3) is 6.08 Å². The number of aliphatic hydroxyl groups excluding tert-OH is 1. The Morgan fingerprint density at radius 1 is 1.29 bits per heavy atom. The van der Waals surface area contributed by atoms with E-state index in [9.17, 15) is 0 Å². The number of ether oxygens (including phenoxy) is 1. The molecule has 0 aromatic heterocycles. The molecular formula is C12H16O2. The van der Waals surface area contributed by atoms with Crippen molar-refractivity contribution in [3.63, 3.8) is 0 Å². The molecule has 0 radical (unpaired) electrons. The molecule has 1 N–H and O–H groups in total. The first-order valence-corrected chi connectivity index (χ1v) is 4.78. The van der Waals surface area contributed by atoms with Gasteiger partial charge in [-0.3, -0.25) is 0 Å². The van der Waals surface area contributed by atoms with Crippen LogP contribution in [0.2, 0.25) is 0 Å². The molecule has 0 aliphatic rings. The lowest BCUT2D eigenvalue weighted by molar-refractivity contribution is 0.290. The van der Waals surface area contributed by atoms with Gasteiger partial charge in [-0.05, 0) is 30.5 Å². The van der Waals surface area contributed by atoms with Crippen LogP contribution < -0.4 is 4.74 Å². The second-order valence-electron chi connectivity index (χ2n) is 3.04. The normalized spacial score (nSPS) is 10.7. The molecule has 2 nitrogen and oxygen atoms in total. The van der Waals surface area contributed by atoms with Gasteiger partial charge in [0.15, 0.2) is 0 Å². The fraction of sp³-hybridized carbons (Fsp3) is 0.333. The second kappa shape index (κ2) is 6.22. The van der Waals surface area contributed by atoms with Gasteiger partial charge in [-0.15, -0.1) is 0 Å². The van der Waals surface area contributed by atoms with Gasteiger partial charge in [-0.1, -0.05) is 24.3 Å². The van der Waals surface area contributed by atoms with E-state index in [4.69, 9.17) is 9.84 Å². The van der Waals surface area contributed by atoms with E-state index in [1.54, 1.807) is 7.11 Å². The summed E-state index contributed by atoms with van der Waals surface area (Å²) in [4.78, 5) is 0. The summed E-state index contributed by atoms with van der Waals surface area (Å²) < 4.78 is 5.06. The van der Waals surface area contributed by atoms with E-state index in [0.29, 0.717) is 0 Å². The van der Waals surface area contributed by atoms with E-state index < -0.39 is 0 Å². The van der Waals surface area contributed by atoms with E-state index in [1.165, 1.54) is 0 Å². The van der Waals surface area contributed by atoms with Gasteiger partial charge in [0.2, 0.25) is 0 Å². The van der Waals surface area contributed by atoms with Crippen LogP contribution in [-0.4, -0.2) is 18.8 Å². The number of hydrogen-bond donors (Lipinski definition) is 1. The molecule has 1 aromatic rings. The number of unbranched alkanes of at least 4 members (excludes halogenated alkanes) is 1.